The number of hydrogen-bond acceptors (Lipinski definition) is 1. The summed E-state index contributed by atoms with van der Waals surface area (Å²) >= 11 is 0. The maximum Gasteiger partial charge on any atom is 0.159 e. The highest BCUT2D eigenvalue weighted by Gasteiger charge is 1.98. The van der Waals surface area contributed by atoms with E-state index in [-0.39, 0.29) is 5.78 Å². The quantitative estimate of drug-likeness (QED) is 0.693. The molecule has 0 bridgehead atoms. The zero-order valence-corrected chi connectivity index (χ0v) is 11.8. The molecule has 0 aliphatic carbocycles. The van der Waals surface area contributed by atoms with Crippen LogP contribution in [0.2, 0.25) is 0 Å². The molecule has 0 N–H and O–H groups in total. The molecule has 0 amide bonds. The van der Waals surface area contributed by atoms with Crippen molar-refractivity contribution in [1.29, 1.82) is 0 Å². The first-order valence-corrected chi connectivity index (χ1v) is 6.29. The van der Waals surface area contributed by atoms with Gasteiger partial charge in [0, 0.05) is 5.56 Å². The second kappa shape index (κ2) is 7.32. The molecule has 1 nitrogen and oxygen atoms in total. The van der Waals surface area contributed by atoms with Crippen LogP contribution in [-0.4, -0.2) is 5.78 Å². The molecule has 0 unspecified atom stereocenters. The minimum atomic E-state index is 0.100. The predicted molar refractivity (Wildman–Crippen MR) is 82.3 cm³/mol. The number of aryl methyl sites for hydroxylation is 1. The number of allylic oxidation sites excluding steroid dienone is 1. The molecular weight excluding hydrogens is 232 g/mol. The molecule has 98 valence electrons. The maximum absolute atomic E-state index is 10.9. The molecule has 0 atom stereocenters. The number of Topliss-reactive ketones (excluding diaryl/α,β-unsaturated/α-hetero) is 1. The van der Waals surface area contributed by atoms with Crippen molar-refractivity contribution < 1.29 is 4.79 Å². The molecule has 19 heavy (non-hydrogen) atoms. The SMILES string of the molecule is C=C(C)c1ccc(C(C)=O)cc1.Cc1ccccc1. The minimum Gasteiger partial charge on any atom is -0.295 e. The van der Waals surface area contributed by atoms with E-state index in [2.05, 4.69) is 25.6 Å². The lowest BCUT2D eigenvalue weighted by Crippen LogP contribution is -1.91. The monoisotopic (exact) mass is 252 g/mol. The molecule has 2 aromatic rings. The van der Waals surface area contributed by atoms with E-state index in [1.54, 1.807) is 6.92 Å². The lowest BCUT2D eigenvalue weighted by atomic mass is 10.1. The average molecular weight is 252 g/mol. The van der Waals surface area contributed by atoms with Crippen molar-refractivity contribution in [3.8, 4) is 0 Å². The summed E-state index contributed by atoms with van der Waals surface area (Å²) in [6, 6.07) is 17.7. The summed E-state index contributed by atoms with van der Waals surface area (Å²) in [5.41, 5.74) is 4.17. The summed E-state index contributed by atoms with van der Waals surface area (Å²) < 4.78 is 0. The molecule has 0 saturated carbocycles. The number of ketones is 1. The number of rotatable bonds is 2. The Balaban J connectivity index is 0.000000218. The summed E-state index contributed by atoms with van der Waals surface area (Å²) in [6.45, 7) is 9.41. The van der Waals surface area contributed by atoms with Crippen molar-refractivity contribution in [3.05, 3.63) is 77.9 Å². The normalized spacial score (nSPS) is 9.21. The highest BCUT2D eigenvalue weighted by molar-refractivity contribution is 5.94. The Bertz CT molecular complexity index is 503. The molecule has 0 heterocycles. The molecule has 0 radical (unpaired) electrons. The third-order valence-electron chi connectivity index (χ3n) is 2.72. The van der Waals surface area contributed by atoms with E-state index < -0.39 is 0 Å². The summed E-state index contributed by atoms with van der Waals surface area (Å²) in [4.78, 5) is 10.9. The van der Waals surface area contributed by atoms with Gasteiger partial charge in [-0.15, -0.1) is 0 Å². The van der Waals surface area contributed by atoms with Gasteiger partial charge in [0.05, 0.1) is 0 Å². The fourth-order valence-corrected chi connectivity index (χ4v) is 1.52. The van der Waals surface area contributed by atoms with Crippen LogP contribution in [0.5, 0.6) is 0 Å². The van der Waals surface area contributed by atoms with Crippen LogP contribution in [-0.2, 0) is 0 Å². The standard InChI is InChI=1S/C11H12O.C7H8/c1-8(2)10-4-6-11(7-5-10)9(3)12;1-7-5-3-2-4-6-7/h4-7H,1H2,2-3H3;2-6H,1H3. The average Bonchev–Trinajstić information content (AvgIpc) is 2.40. The number of carbonyl (C=O) groups excluding carboxylic acids is 1. The van der Waals surface area contributed by atoms with E-state index in [0.717, 1.165) is 16.7 Å². The van der Waals surface area contributed by atoms with E-state index in [9.17, 15) is 4.79 Å². The van der Waals surface area contributed by atoms with E-state index in [4.69, 9.17) is 0 Å². The first kappa shape index (κ1) is 14.9. The highest BCUT2D eigenvalue weighted by Crippen LogP contribution is 2.12. The molecule has 0 aliphatic heterocycles. The molecular formula is C18H20O. The van der Waals surface area contributed by atoms with Gasteiger partial charge in [0.2, 0.25) is 0 Å². The molecule has 0 fully saturated rings. The van der Waals surface area contributed by atoms with Gasteiger partial charge >= 0.3 is 0 Å². The number of benzene rings is 2. The van der Waals surface area contributed by atoms with Gasteiger partial charge in [-0.2, -0.15) is 0 Å². The summed E-state index contributed by atoms with van der Waals surface area (Å²) in [6.07, 6.45) is 0. The van der Waals surface area contributed by atoms with Crippen LogP contribution in [0.3, 0.4) is 0 Å². The van der Waals surface area contributed by atoms with E-state index in [0.29, 0.717) is 0 Å². The Labute approximate surface area is 115 Å². The topological polar surface area (TPSA) is 17.1 Å². The van der Waals surface area contributed by atoms with Crippen LogP contribution < -0.4 is 0 Å². The largest absolute Gasteiger partial charge is 0.295 e. The van der Waals surface area contributed by atoms with Gasteiger partial charge < -0.3 is 0 Å². The third-order valence-corrected chi connectivity index (χ3v) is 2.72. The van der Waals surface area contributed by atoms with Crippen LogP contribution in [0.15, 0.2) is 61.2 Å². The molecule has 0 aliphatic rings. The van der Waals surface area contributed by atoms with Gasteiger partial charge in [0.15, 0.2) is 5.78 Å². The zero-order chi connectivity index (χ0) is 14.3. The zero-order valence-electron chi connectivity index (χ0n) is 11.8. The molecule has 0 spiro atoms. The van der Waals surface area contributed by atoms with Crippen LogP contribution in [0.25, 0.3) is 5.57 Å². The van der Waals surface area contributed by atoms with Crippen LogP contribution in [0, 0.1) is 6.92 Å². The van der Waals surface area contributed by atoms with Crippen LogP contribution >= 0.6 is 0 Å². The van der Waals surface area contributed by atoms with Gasteiger partial charge in [0.25, 0.3) is 0 Å². The van der Waals surface area contributed by atoms with Gasteiger partial charge in [-0.05, 0) is 26.3 Å². The van der Waals surface area contributed by atoms with Crippen molar-refractivity contribution in [3.63, 3.8) is 0 Å². The maximum atomic E-state index is 10.9. The lowest BCUT2D eigenvalue weighted by Gasteiger charge is -1.99. The van der Waals surface area contributed by atoms with Crippen molar-refractivity contribution in [2.45, 2.75) is 20.8 Å². The van der Waals surface area contributed by atoms with Crippen molar-refractivity contribution in [1.82, 2.24) is 0 Å². The van der Waals surface area contributed by atoms with E-state index in [1.165, 1.54) is 5.56 Å². The Morgan fingerprint density at radius 2 is 1.32 bits per heavy atom. The first-order chi connectivity index (χ1) is 9.00. The second-order valence-corrected chi connectivity index (χ2v) is 4.57. The Kier molecular flexibility index (Phi) is 5.74. The van der Waals surface area contributed by atoms with Gasteiger partial charge in [-0.1, -0.05) is 72.3 Å². The molecule has 0 aromatic heterocycles. The molecule has 0 saturated heterocycles. The van der Waals surface area contributed by atoms with Gasteiger partial charge in [-0.3, -0.25) is 4.79 Å². The Morgan fingerprint density at radius 1 is 0.842 bits per heavy atom. The number of carbonyl (C=O) groups is 1. The Morgan fingerprint density at radius 3 is 1.63 bits per heavy atom. The van der Waals surface area contributed by atoms with Crippen LogP contribution in [0.4, 0.5) is 0 Å². The third kappa shape index (κ3) is 5.35. The predicted octanol–water partition coefficient (Wildman–Crippen LogP) is 4.92. The fraction of sp³-hybridized carbons (Fsp3) is 0.167. The fourth-order valence-electron chi connectivity index (χ4n) is 1.52. The van der Waals surface area contributed by atoms with Crippen molar-refractivity contribution in [2.24, 2.45) is 0 Å². The summed E-state index contributed by atoms with van der Waals surface area (Å²) in [5, 5.41) is 0. The smallest absolute Gasteiger partial charge is 0.159 e. The molecule has 2 rings (SSSR count). The van der Waals surface area contributed by atoms with Crippen molar-refractivity contribution in [2.75, 3.05) is 0 Å². The minimum absolute atomic E-state index is 0.100. The lowest BCUT2D eigenvalue weighted by molar-refractivity contribution is 0.101. The van der Waals surface area contributed by atoms with Gasteiger partial charge in [0.1, 0.15) is 0 Å². The highest BCUT2D eigenvalue weighted by atomic mass is 16.1. The van der Waals surface area contributed by atoms with Crippen LogP contribution in [0.1, 0.15) is 35.3 Å². The van der Waals surface area contributed by atoms with Crippen molar-refractivity contribution >= 4 is 11.4 Å². The summed E-state index contributed by atoms with van der Waals surface area (Å²) in [7, 11) is 0. The Hall–Kier alpha value is -2.15. The molecule has 2 aromatic carbocycles. The molecule has 1 heteroatoms. The van der Waals surface area contributed by atoms with E-state index in [1.807, 2.05) is 49.4 Å². The number of hydrogen-bond donors (Lipinski definition) is 0. The van der Waals surface area contributed by atoms with Gasteiger partial charge in [-0.25, -0.2) is 0 Å². The summed E-state index contributed by atoms with van der Waals surface area (Å²) in [5.74, 6) is 0.100. The van der Waals surface area contributed by atoms with E-state index >= 15 is 0 Å². The first-order valence-electron chi connectivity index (χ1n) is 6.29. The second-order valence-electron chi connectivity index (χ2n) is 4.57.